The van der Waals surface area contributed by atoms with Gasteiger partial charge in [0.05, 0.1) is 0 Å². The second-order valence-electron chi connectivity index (χ2n) is 6.02. The van der Waals surface area contributed by atoms with Gasteiger partial charge in [0.15, 0.2) is 34.5 Å². The maximum absolute atomic E-state index is 10.7. The van der Waals surface area contributed by atoms with Crippen molar-refractivity contribution in [2.24, 2.45) is 0 Å². The number of benzene rings is 3. The third-order valence-corrected chi connectivity index (χ3v) is 9.77. The Labute approximate surface area is 223 Å². The highest BCUT2D eigenvalue weighted by Crippen LogP contribution is 2.21. The second-order valence-corrected chi connectivity index (χ2v) is 14.8. The first kappa shape index (κ1) is 32.5. The average molecular weight is 782 g/mol. The van der Waals surface area contributed by atoms with Crippen LogP contribution in [0.25, 0.3) is 0 Å². The Kier molecular flexibility index (Phi) is 12.6. The number of alkyl halides is 6. The zero-order valence-electron chi connectivity index (χ0n) is 17.4. The van der Waals surface area contributed by atoms with Gasteiger partial charge in [0.1, 0.15) is 0 Å². The van der Waals surface area contributed by atoms with Gasteiger partial charge in [-0.2, -0.15) is 26.3 Å². The second kappa shape index (κ2) is 13.9. The van der Waals surface area contributed by atoms with Gasteiger partial charge in [0.2, 0.25) is 0 Å². The van der Waals surface area contributed by atoms with Gasteiger partial charge in [-0.05, 0) is 48.5 Å². The predicted molar refractivity (Wildman–Crippen MR) is 106 cm³/mol. The van der Waals surface area contributed by atoms with E-state index in [4.69, 9.17) is 25.9 Å². The van der Waals surface area contributed by atoms with E-state index in [1.807, 2.05) is 0 Å². The standard InChI is InChI=1S/C18H14I2.2CHF3O3S/c1-3-7-15(8-4-1)19-17-11-13-18(14-12-17)20-16-9-5-2-6-10-16;2*2-1(3,4)8(5,6)7/h1-14H;2*(H,5,6,7)/q+2;;/p-2. The quantitative estimate of drug-likeness (QED) is 0.132. The lowest BCUT2D eigenvalue weighted by molar-refractivity contribution is -0.603. The van der Waals surface area contributed by atoms with Gasteiger partial charge in [0.25, 0.3) is 0 Å². The molecule has 3 rings (SSSR count). The van der Waals surface area contributed by atoms with E-state index in [1.54, 1.807) is 0 Å². The summed E-state index contributed by atoms with van der Waals surface area (Å²) in [6, 6.07) is 30.9. The van der Waals surface area contributed by atoms with Gasteiger partial charge < -0.3 is 9.11 Å². The molecule has 0 aliphatic carbocycles. The van der Waals surface area contributed by atoms with Gasteiger partial charge >= 0.3 is 53.4 Å². The normalized spacial score (nSPS) is 12.0. The fourth-order valence-corrected chi connectivity index (χ4v) is 6.19. The molecule has 3 aromatic carbocycles. The van der Waals surface area contributed by atoms with E-state index in [-0.39, 0.29) is 42.4 Å². The van der Waals surface area contributed by atoms with Crippen LogP contribution in [-0.2, 0) is 20.2 Å². The molecule has 0 unspecified atom stereocenters. The molecule has 0 saturated heterocycles. The Balaban J connectivity index is 0.000000337. The number of rotatable bonds is 4. The van der Waals surface area contributed by atoms with Crippen LogP contribution < -0.4 is 42.4 Å². The summed E-state index contributed by atoms with van der Waals surface area (Å²) in [5.74, 6) is 0. The Bertz CT molecular complexity index is 1180. The van der Waals surface area contributed by atoms with E-state index < -0.39 is 31.3 Å². The molecule has 0 atom stereocenters. The Hall–Kier alpha value is -1.48. The summed E-state index contributed by atoms with van der Waals surface area (Å²) in [5, 5.41) is 0. The molecular formula is C20H14F6I2O6S2. The van der Waals surface area contributed by atoms with Crippen molar-refractivity contribution in [3.05, 3.63) is 99.2 Å². The van der Waals surface area contributed by atoms with Crippen LogP contribution in [0.2, 0.25) is 0 Å². The summed E-state index contributed by atoms with van der Waals surface area (Å²) in [6.45, 7) is 0. The van der Waals surface area contributed by atoms with Crippen molar-refractivity contribution in [2.75, 3.05) is 0 Å². The minimum atomic E-state index is -6.09. The molecule has 0 heterocycles. The SMILES string of the molecule is O=S(=O)([O-])C(F)(F)F.O=S(=O)([O-])C(F)(F)F.c1ccc([I+]c2ccc([I+]c3ccccc3)cc2)cc1. The third-order valence-electron chi connectivity index (χ3n) is 3.27. The lowest BCUT2D eigenvalue weighted by Crippen LogP contribution is -3.62. The molecule has 0 N–H and O–H groups in total. The van der Waals surface area contributed by atoms with E-state index in [0.29, 0.717) is 0 Å². The number of hydrogen-bond donors (Lipinski definition) is 0. The topological polar surface area (TPSA) is 114 Å². The van der Waals surface area contributed by atoms with Crippen molar-refractivity contribution in [3.8, 4) is 0 Å². The summed E-state index contributed by atoms with van der Waals surface area (Å²) in [7, 11) is -12.2. The Morgan fingerprint density at radius 2 is 0.667 bits per heavy atom. The Morgan fingerprint density at radius 1 is 0.472 bits per heavy atom. The van der Waals surface area contributed by atoms with Gasteiger partial charge in [-0.25, -0.2) is 16.8 Å². The molecule has 0 fully saturated rings. The van der Waals surface area contributed by atoms with Crippen molar-refractivity contribution in [1.29, 1.82) is 0 Å². The van der Waals surface area contributed by atoms with Crippen LogP contribution in [0.1, 0.15) is 0 Å². The first-order valence-electron chi connectivity index (χ1n) is 8.94. The van der Waals surface area contributed by atoms with Gasteiger partial charge in [-0.15, -0.1) is 0 Å². The number of hydrogen-bond acceptors (Lipinski definition) is 6. The summed E-state index contributed by atoms with van der Waals surface area (Å²) >= 11 is -0.0647. The van der Waals surface area contributed by atoms with E-state index >= 15 is 0 Å². The molecule has 198 valence electrons. The number of halogens is 8. The van der Waals surface area contributed by atoms with Crippen LogP contribution in [0, 0.1) is 14.3 Å². The molecule has 0 amide bonds. The first-order chi connectivity index (χ1) is 16.4. The molecule has 0 radical (unpaired) electrons. The van der Waals surface area contributed by atoms with Crippen LogP contribution in [0.4, 0.5) is 26.3 Å². The fourth-order valence-electron chi connectivity index (χ4n) is 1.76. The van der Waals surface area contributed by atoms with Crippen LogP contribution in [-0.4, -0.2) is 37.0 Å². The Morgan fingerprint density at radius 3 is 0.861 bits per heavy atom. The molecule has 0 spiro atoms. The molecular weight excluding hydrogens is 768 g/mol. The third kappa shape index (κ3) is 12.7. The van der Waals surface area contributed by atoms with E-state index in [2.05, 4.69) is 84.9 Å². The van der Waals surface area contributed by atoms with Crippen molar-refractivity contribution in [2.45, 2.75) is 11.0 Å². The first-order valence-corrected chi connectivity index (χ1v) is 16.1. The van der Waals surface area contributed by atoms with Crippen molar-refractivity contribution in [3.63, 3.8) is 0 Å². The molecule has 0 aromatic heterocycles. The molecule has 36 heavy (non-hydrogen) atoms. The minimum Gasteiger partial charge on any atom is -0.741 e. The predicted octanol–water partition coefficient (Wildman–Crippen LogP) is -1.95. The monoisotopic (exact) mass is 782 g/mol. The van der Waals surface area contributed by atoms with Crippen LogP contribution in [0.5, 0.6) is 0 Å². The van der Waals surface area contributed by atoms with Crippen molar-refractivity contribution in [1.82, 2.24) is 0 Å². The minimum absolute atomic E-state index is 0.0323. The van der Waals surface area contributed by atoms with E-state index in [1.165, 1.54) is 14.3 Å². The summed E-state index contributed by atoms with van der Waals surface area (Å²) in [5.41, 5.74) is -11.3. The van der Waals surface area contributed by atoms with Crippen molar-refractivity contribution >= 4 is 20.2 Å². The maximum atomic E-state index is 10.7. The molecule has 0 saturated carbocycles. The van der Waals surface area contributed by atoms with Gasteiger partial charge in [0, 0.05) is 0 Å². The fraction of sp³-hybridized carbons (Fsp3) is 0.100. The van der Waals surface area contributed by atoms with Crippen LogP contribution >= 0.6 is 0 Å². The smallest absolute Gasteiger partial charge is 0.485 e. The van der Waals surface area contributed by atoms with E-state index in [9.17, 15) is 26.3 Å². The lowest BCUT2D eigenvalue weighted by Gasteiger charge is -2.08. The van der Waals surface area contributed by atoms with Crippen molar-refractivity contribution < 1.29 is 94.7 Å². The maximum Gasteiger partial charge on any atom is 0.485 e. The molecule has 0 aliphatic rings. The zero-order valence-corrected chi connectivity index (χ0v) is 23.3. The highest BCUT2D eigenvalue weighted by molar-refractivity contribution is 7.86. The summed E-state index contributed by atoms with van der Waals surface area (Å²) in [6.07, 6.45) is 0. The molecule has 0 bridgehead atoms. The lowest BCUT2D eigenvalue weighted by atomic mass is 10.4. The molecule has 0 aliphatic heterocycles. The van der Waals surface area contributed by atoms with Crippen LogP contribution in [0.3, 0.4) is 0 Å². The molecule has 16 heteroatoms. The highest BCUT2D eigenvalue weighted by atomic mass is 127. The van der Waals surface area contributed by atoms with E-state index in [0.717, 1.165) is 0 Å². The van der Waals surface area contributed by atoms with Crippen LogP contribution in [0.15, 0.2) is 84.9 Å². The highest BCUT2D eigenvalue weighted by Gasteiger charge is 2.37. The molecule has 3 aromatic rings. The van der Waals surface area contributed by atoms with Gasteiger partial charge in [-0.3, -0.25) is 0 Å². The molecule has 6 nitrogen and oxygen atoms in total. The van der Waals surface area contributed by atoms with Gasteiger partial charge in [-0.1, -0.05) is 36.4 Å². The average Bonchev–Trinajstić information content (AvgIpc) is 2.75. The largest absolute Gasteiger partial charge is 0.741 e. The summed E-state index contributed by atoms with van der Waals surface area (Å²) < 4.78 is 124. The summed E-state index contributed by atoms with van der Waals surface area (Å²) in [4.78, 5) is 0. The zero-order chi connectivity index (χ0) is 27.6.